The molecule has 21 heavy (non-hydrogen) atoms. The number of hydrogen-bond acceptors (Lipinski definition) is 6. The molecule has 1 heterocycles. The first-order valence-corrected chi connectivity index (χ1v) is 8.01. The van der Waals surface area contributed by atoms with E-state index in [1.807, 2.05) is 0 Å². The topological polar surface area (TPSA) is 98.5 Å². The quantitative estimate of drug-likeness (QED) is 0.842. The Morgan fingerprint density at radius 3 is 2.62 bits per heavy atom. The van der Waals surface area contributed by atoms with Crippen LogP contribution in [0.2, 0.25) is 0 Å². The second-order valence-corrected chi connectivity index (χ2v) is 6.59. The number of anilines is 1. The molecule has 0 saturated heterocycles. The molecule has 1 amide bonds. The summed E-state index contributed by atoms with van der Waals surface area (Å²) in [6, 6.07) is 6.87. The van der Waals surface area contributed by atoms with Crippen LogP contribution in [0.5, 0.6) is 0 Å². The first-order chi connectivity index (χ1) is 9.90. The van der Waals surface area contributed by atoms with Gasteiger partial charge in [0.2, 0.25) is 0 Å². The summed E-state index contributed by atoms with van der Waals surface area (Å²) < 4.78 is 31.9. The molecule has 7 nitrogen and oxygen atoms in total. The highest BCUT2D eigenvalue weighted by atomic mass is 35.7. The number of ether oxygens (including phenoxy) is 1. The molecule has 0 aliphatic rings. The van der Waals surface area contributed by atoms with Crippen molar-refractivity contribution in [1.82, 2.24) is 5.16 Å². The van der Waals surface area contributed by atoms with E-state index >= 15 is 0 Å². The van der Waals surface area contributed by atoms with Crippen LogP contribution >= 0.6 is 10.7 Å². The van der Waals surface area contributed by atoms with Gasteiger partial charge in [-0.1, -0.05) is 5.16 Å². The van der Waals surface area contributed by atoms with Gasteiger partial charge >= 0.3 is 0 Å². The number of aromatic nitrogens is 1. The van der Waals surface area contributed by atoms with Crippen LogP contribution in [0.15, 0.2) is 39.8 Å². The van der Waals surface area contributed by atoms with Crippen LogP contribution < -0.4 is 5.32 Å². The fourth-order valence-electron chi connectivity index (χ4n) is 1.53. The summed E-state index contributed by atoms with van der Waals surface area (Å²) in [6.07, 6.45) is 0. The van der Waals surface area contributed by atoms with Crippen molar-refractivity contribution in [1.29, 1.82) is 0 Å². The number of methoxy groups -OCH3 is 1. The van der Waals surface area contributed by atoms with Crippen molar-refractivity contribution in [3.05, 3.63) is 41.8 Å². The number of hydrogen-bond donors (Lipinski definition) is 1. The largest absolute Gasteiger partial charge is 0.377 e. The minimum absolute atomic E-state index is 0.0500. The van der Waals surface area contributed by atoms with Gasteiger partial charge < -0.3 is 14.6 Å². The Morgan fingerprint density at radius 1 is 1.38 bits per heavy atom. The van der Waals surface area contributed by atoms with E-state index in [2.05, 4.69) is 10.5 Å². The summed E-state index contributed by atoms with van der Waals surface area (Å²) in [7, 11) is 2.91. The van der Waals surface area contributed by atoms with E-state index in [1.54, 1.807) is 0 Å². The van der Waals surface area contributed by atoms with Crippen molar-refractivity contribution in [3.63, 3.8) is 0 Å². The van der Waals surface area contributed by atoms with E-state index < -0.39 is 15.0 Å². The summed E-state index contributed by atoms with van der Waals surface area (Å²) in [4.78, 5) is 11.8. The Kier molecular flexibility index (Phi) is 4.61. The molecule has 1 N–H and O–H groups in total. The fourth-order valence-corrected chi connectivity index (χ4v) is 2.30. The summed E-state index contributed by atoms with van der Waals surface area (Å²) >= 11 is 0. The predicted molar refractivity (Wildman–Crippen MR) is 74.7 cm³/mol. The summed E-state index contributed by atoms with van der Waals surface area (Å²) in [6.45, 7) is 0.211. The highest BCUT2D eigenvalue weighted by Gasteiger charge is 2.14. The number of rotatable bonds is 5. The van der Waals surface area contributed by atoms with Crippen LogP contribution in [0.3, 0.4) is 0 Å². The van der Waals surface area contributed by atoms with Gasteiger partial charge in [0.15, 0.2) is 11.5 Å². The first-order valence-electron chi connectivity index (χ1n) is 5.71. The number of nitrogens with zero attached hydrogens (tertiary/aromatic N) is 1. The van der Waals surface area contributed by atoms with Gasteiger partial charge in [-0.25, -0.2) is 8.42 Å². The summed E-state index contributed by atoms with van der Waals surface area (Å²) in [5.74, 6) is -0.0613. The Balaban J connectivity index is 2.08. The normalized spacial score (nSPS) is 11.3. The van der Waals surface area contributed by atoms with E-state index in [4.69, 9.17) is 19.9 Å². The van der Waals surface area contributed by atoms with Crippen molar-refractivity contribution in [2.75, 3.05) is 12.4 Å². The molecular formula is C12H11ClN2O5S. The van der Waals surface area contributed by atoms with Crippen LogP contribution in [0.4, 0.5) is 5.69 Å². The van der Waals surface area contributed by atoms with Crippen LogP contribution in [-0.4, -0.2) is 26.6 Å². The maximum atomic E-state index is 11.9. The van der Waals surface area contributed by atoms with Crippen molar-refractivity contribution in [3.8, 4) is 0 Å². The Morgan fingerprint density at radius 2 is 2.05 bits per heavy atom. The molecule has 1 aromatic carbocycles. The molecular weight excluding hydrogens is 320 g/mol. The minimum Gasteiger partial charge on any atom is -0.377 e. The Labute approximate surface area is 125 Å². The van der Waals surface area contributed by atoms with Gasteiger partial charge in [-0.15, -0.1) is 0 Å². The number of nitrogens with one attached hydrogen (secondary N) is 1. The van der Waals surface area contributed by atoms with Gasteiger partial charge in [0.1, 0.15) is 6.61 Å². The van der Waals surface area contributed by atoms with Gasteiger partial charge in [-0.2, -0.15) is 0 Å². The molecule has 9 heteroatoms. The standard InChI is InChI=1S/C12H11ClN2O5S/c1-19-7-9-6-11(15-20-9)12(16)14-8-2-4-10(5-3-8)21(13,17)18/h2-6H,7H2,1H3,(H,14,16). The number of carbonyl (C=O) groups is 1. The molecule has 0 atom stereocenters. The highest BCUT2D eigenvalue weighted by Crippen LogP contribution is 2.18. The van der Waals surface area contributed by atoms with Crippen LogP contribution in [0.25, 0.3) is 0 Å². The van der Waals surface area contributed by atoms with Crippen LogP contribution in [0.1, 0.15) is 16.2 Å². The van der Waals surface area contributed by atoms with E-state index in [0.29, 0.717) is 11.4 Å². The lowest BCUT2D eigenvalue weighted by Crippen LogP contribution is -2.12. The predicted octanol–water partition coefficient (Wildman–Crippen LogP) is 2.00. The number of halogens is 1. The minimum atomic E-state index is -3.78. The van der Waals surface area contributed by atoms with E-state index in [9.17, 15) is 13.2 Å². The smallest absolute Gasteiger partial charge is 0.277 e. The van der Waals surface area contributed by atoms with E-state index in [1.165, 1.54) is 37.4 Å². The molecule has 0 radical (unpaired) electrons. The SMILES string of the molecule is COCc1cc(C(=O)Nc2ccc(S(=O)(=O)Cl)cc2)no1. The van der Waals surface area contributed by atoms with E-state index in [0.717, 1.165) is 0 Å². The zero-order valence-electron chi connectivity index (χ0n) is 10.9. The second-order valence-electron chi connectivity index (χ2n) is 4.03. The number of benzene rings is 1. The third-order valence-corrected chi connectivity index (χ3v) is 3.84. The van der Waals surface area contributed by atoms with Crippen molar-refractivity contribution < 1.29 is 22.5 Å². The average molecular weight is 331 g/mol. The summed E-state index contributed by atoms with van der Waals surface area (Å²) in [5.41, 5.74) is 0.497. The first kappa shape index (κ1) is 15.5. The average Bonchev–Trinajstić information content (AvgIpc) is 2.87. The van der Waals surface area contributed by atoms with Crippen molar-refractivity contribution in [2.24, 2.45) is 0 Å². The number of amides is 1. The van der Waals surface area contributed by atoms with Crippen LogP contribution in [-0.2, 0) is 20.4 Å². The third kappa shape index (κ3) is 4.03. The Hall–Kier alpha value is -1.90. The van der Waals surface area contributed by atoms with Crippen LogP contribution in [0, 0.1) is 0 Å². The zero-order valence-corrected chi connectivity index (χ0v) is 12.4. The molecule has 0 unspecified atom stereocenters. The molecule has 0 fully saturated rings. The maximum absolute atomic E-state index is 11.9. The summed E-state index contributed by atoms with van der Waals surface area (Å²) in [5, 5.41) is 6.16. The molecule has 0 saturated carbocycles. The van der Waals surface area contributed by atoms with Gasteiger partial charge in [0.25, 0.3) is 15.0 Å². The zero-order chi connectivity index (χ0) is 15.5. The molecule has 1 aromatic heterocycles. The molecule has 0 aliphatic heterocycles. The fraction of sp³-hybridized carbons (Fsp3) is 0.167. The lowest BCUT2D eigenvalue weighted by Gasteiger charge is -2.03. The van der Waals surface area contributed by atoms with Gasteiger partial charge in [0.05, 0.1) is 4.90 Å². The lowest BCUT2D eigenvalue weighted by molar-refractivity contribution is 0.101. The third-order valence-electron chi connectivity index (χ3n) is 2.47. The molecule has 2 aromatic rings. The van der Waals surface area contributed by atoms with Crippen molar-refractivity contribution in [2.45, 2.75) is 11.5 Å². The molecule has 0 spiro atoms. The lowest BCUT2D eigenvalue weighted by atomic mass is 10.3. The molecule has 0 aliphatic carbocycles. The number of carbonyl (C=O) groups excluding carboxylic acids is 1. The van der Waals surface area contributed by atoms with Gasteiger partial charge in [-0.05, 0) is 24.3 Å². The monoisotopic (exact) mass is 330 g/mol. The van der Waals surface area contributed by atoms with Gasteiger partial charge in [0, 0.05) is 29.5 Å². The second kappa shape index (κ2) is 6.25. The van der Waals surface area contributed by atoms with E-state index in [-0.39, 0.29) is 17.2 Å². The Bertz CT molecular complexity index is 739. The highest BCUT2D eigenvalue weighted by molar-refractivity contribution is 8.13. The van der Waals surface area contributed by atoms with Crippen molar-refractivity contribution >= 4 is 31.3 Å². The van der Waals surface area contributed by atoms with Gasteiger partial charge in [-0.3, -0.25) is 4.79 Å². The maximum Gasteiger partial charge on any atom is 0.277 e. The molecule has 112 valence electrons. The molecule has 0 bridgehead atoms. The molecule has 2 rings (SSSR count).